The van der Waals surface area contributed by atoms with Crippen LogP contribution in [0.4, 0.5) is 0 Å². The van der Waals surface area contributed by atoms with Gasteiger partial charge >= 0.3 is 0 Å². The molecular weight excluding hydrogens is 234 g/mol. The molecule has 0 aromatic carbocycles. The summed E-state index contributed by atoms with van der Waals surface area (Å²) in [5.74, 6) is 0. The number of nitrogens with one attached hydrogen (secondary N) is 1. The van der Waals surface area contributed by atoms with E-state index in [0.717, 1.165) is 27.9 Å². The maximum atomic E-state index is 6.11. The molecule has 0 aliphatic heterocycles. The zero-order valence-electron chi connectivity index (χ0n) is 9.24. The highest BCUT2D eigenvalue weighted by atomic mass is 35.5. The van der Waals surface area contributed by atoms with E-state index < -0.39 is 0 Å². The van der Waals surface area contributed by atoms with Crippen LogP contribution in [0, 0.1) is 6.92 Å². The second-order valence-corrected chi connectivity index (χ2v) is 4.30. The van der Waals surface area contributed by atoms with Crippen molar-refractivity contribution in [1.82, 2.24) is 15.0 Å². The number of fused-ring (bicyclic) bond motifs is 1. The minimum atomic E-state index is 0.509. The molecule has 0 saturated heterocycles. The Morgan fingerprint density at radius 1 is 1.29 bits per heavy atom. The van der Waals surface area contributed by atoms with Gasteiger partial charge in [0, 0.05) is 34.7 Å². The summed E-state index contributed by atoms with van der Waals surface area (Å²) in [6.45, 7) is 1.93. The molecule has 3 heterocycles. The fraction of sp³-hybridized carbons (Fsp3) is 0.0769. The molecule has 0 aliphatic carbocycles. The van der Waals surface area contributed by atoms with Gasteiger partial charge in [0.05, 0.1) is 5.52 Å². The molecule has 17 heavy (non-hydrogen) atoms. The second kappa shape index (κ2) is 3.86. The third kappa shape index (κ3) is 1.78. The van der Waals surface area contributed by atoms with Crippen LogP contribution in [-0.2, 0) is 0 Å². The highest BCUT2D eigenvalue weighted by Crippen LogP contribution is 2.27. The third-order valence-electron chi connectivity index (χ3n) is 2.67. The van der Waals surface area contributed by atoms with Gasteiger partial charge in [-0.2, -0.15) is 0 Å². The molecule has 0 amide bonds. The third-order valence-corrected chi connectivity index (χ3v) is 2.94. The smallest absolute Gasteiger partial charge is 0.153 e. The van der Waals surface area contributed by atoms with Crippen LogP contribution in [0.25, 0.3) is 22.2 Å². The molecule has 0 fully saturated rings. The Bertz CT molecular complexity index is 674. The summed E-state index contributed by atoms with van der Waals surface area (Å²) < 4.78 is 0. The van der Waals surface area contributed by atoms with Crippen LogP contribution < -0.4 is 0 Å². The minimum Gasteiger partial charge on any atom is -0.352 e. The number of aromatic amines is 1. The highest BCUT2D eigenvalue weighted by Gasteiger charge is 2.07. The fourth-order valence-corrected chi connectivity index (χ4v) is 2.19. The zero-order chi connectivity index (χ0) is 11.8. The summed E-state index contributed by atoms with van der Waals surface area (Å²) >= 11 is 6.11. The fourth-order valence-electron chi connectivity index (χ4n) is 1.90. The van der Waals surface area contributed by atoms with Crippen LogP contribution in [0.1, 0.15) is 5.69 Å². The van der Waals surface area contributed by atoms with Gasteiger partial charge in [-0.3, -0.25) is 4.98 Å². The molecule has 3 nitrogen and oxygen atoms in total. The summed E-state index contributed by atoms with van der Waals surface area (Å²) in [6.07, 6.45) is 3.57. The first kappa shape index (κ1) is 10.3. The molecule has 4 heteroatoms. The molecular formula is C13H10ClN3. The molecule has 0 unspecified atom stereocenters. The summed E-state index contributed by atoms with van der Waals surface area (Å²) in [4.78, 5) is 11.6. The molecule has 1 N–H and O–H groups in total. The van der Waals surface area contributed by atoms with Crippen molar-refractivity contribution in [2.24, 2.45) is 0 Å². The molecule has 0 radical (unpaired) electrons. The topological polar surface area (TPSA) is 41.6 Å². The standard InChI is InChI=1S/C13H10ClN3/c1-8-5-10-6-11(9-3-2-4-15-7-9)17-12(10)13(14)16-8/h2-7,17H,1H3. The monoisotopic (exact) mass is 243 g/mol. The quantitative estimate of drug-likeness (QED) is 0.664. The van der Waals surface area contributed by atoms with E-state index in [1.807, 2.05) is 31.3 Å². The van der Waals surface area contributed by atoms with Gasteiger partial charge < -0.3 is 4.98 Å². The number of nitrogens with zero attached hydrogens (tertiary/aromatic N) is 2. The second-order valence-electron chi connectivity index (χ2n) is 3.94. The molecule has 3 rings (SSSR count). The van der Waals surface area contributed by atoms with Crippen molar-refractivity contribution in [3.8, 4) is 11.3 Å². The summed E-state index contributed by atoms with van der Waals surface area (Å²) in [5, 5.41) is 1.58. The predicted octanol–water partition coefficient (Wildman–Crippen LogP) is 3.59. The van der Waals surface area contributed by atoms with Crippen LogP contribution in [0.3, 0.4) is 0 Å². The lowest BCUT2D eigenvalue weighted by atomic mass is 10.2. The van der Waals surface area contributed by atoms with Crippen molar-refractivity contribution in [1.29, 1.82) is 0 Å². The maximum absolute atomic E-state index is 6.11. The number of H-pyrrole nitrogens is 1. The van der Waals surface area contributed by atoms with Crippen LogP contribution in [0.2, 0.25) is 5.15 Å². The number of hydrogen-bond donors (Lipinski definition) is 1. The van der Waals surface area contributed by atoms with Gasteiger partial charge in [-0.15, -0.1) is 0 Å². The van der Waals surface area contributed by atoms with Gasteiger partial charge in [-0.1, -0.05) is 11.6 Å². The van der Waals surface area contributed by atoms with Crippen molar-refractivity contribution in [3.05, 3.63) is 47.5 Å². The van der Waals surface area contributed by atoms with Gasteiger partial charge in [0.2, 0.25) is 0 Å². The van der Waals surface area contributed by atoms with E-state index in [1.165, 1.54) is 0 Å². The van der Waals surface area contributed by atoms with Crippen LogP contribution in [0.15, 0.2) is 36.7 Å². The van der Waals surface area contributed by atoms with E-state index in [2.05, 4.69) is 21.0 Å². The van der Waals surface area contributed by atoms with Gasteiger partial charge in [0.15, 0.2) is 5.15 Å². The van der Waals surface area contributed by atoms with Crippen molar-refractivity contribution in [2.45, 2.75) is 6.92 Å². The lowest BCUT2D eigenvalue weighted by Gasteiger charge is -1.96. The molecule has 3 aromatic heterocycles. The number of aromatic nitrogens is 3. The Kier molecular flexibility index (Phi) is 2.34. The van der Waals surface area contributed by atoms with Gasteiger partial charge in [-0.25, -0.2) is 4.98 Å². The van der Waals surface area contributed by atoms with Crippen molar-refractivity contribution >= 4 is 22.5 Å². The number of halogens is 1. The Hall–Kier alpha value is -1.87. The van der Waals surface area contributed by atoms with Gasteiger partial charge in [0.25, 0.3) is 0 Å². The molecule has 0 aliphatic rings. The van der Waals surface area contributed by atoms with Crippen molar-refractivity contribution in [3.63, 3.8) is 0 Å². The summed E-state index contributed by atoms with van der Waals surface area (Å²) in [5.41, 5.74) is 3.83. The van der Waals surface area contributed by atoms with Gasteiger partial charge in [0.1, 0.15) is 0 Å². The molecule has 0 saturated carbocycles. The van der Waals surface area contributed by atoms with Crippen molar-refractivity contribution in [2.75, 3.05) is 0 Å². The molecule has 0 atom stereocenters. The number of aryl methyl sites for hydroxylation is 1. The van der Waals surface area contributed by atoms with E-state index in [4.69, 9.17) is 11.6 Å². The SMILES string of the molecule is Cc1cc2cc(-c3cccnc3)[nH]c2c(Cl)n1. The Balaban J connectivity index is 2.24. The van der Waals surface area contributed by atoms with Crippen LogP contribution in [0.5, 0.6) is 0 Å². The first-order chi connectivity index (χ1) is 8.24. The summed E-state index contributed by atoms with van der Waals surface area (Å²) in [7, 11) is 0. The average molecular weight is 244 g/mol. The van der Waals surface area contributed by atoms with E-state index in [1.54, 1.807) is 6.20 Å². The first-order valence-corrected chi connectivity index (χ1v) is 5.68. The average Bonchev–Trinajstić information content (AvgIpc) is 2.74. The lowest BCUT2D eigenvalue weighted by Crippen LogP contribution is -1.82. The largest absolute Gasteiger partial charge is 0.352 e. The van der Waals surface area contributed by atoms with Crippen LogP contribution in [-0.4, -0.2) is 15.0 Å². The summed E-state index contributed by atoms with van der Waals surface area (Å²) in [6, 6.07) is 7.99. The number of hydrogen-bond acceptors (Lipinski definition) is 2. The molecule has 0 spiro atoms. The minimum absolute atomic E-state index is 0.509. The maximum Gasteiger partial charge on any atom is 0.153 e. The Morgan fingerprint density at radius 2 is 2.18 bits per heavy atom. The Labute approximate surface area is 103 Å². The Morgan fingerprint density at radius 3 is 2.94 bits per heavy atom. The van der Waals surface area contributed by atoms with E-state index in [9.17, 15) is 0 Å². The van der Waals surface area contributed by atoms with Gasteiger partial charge in [-0.05, 0) is 31.2 Å². The highest BCUT2D eigenvalue weighted by molar-refractivity contribution is 6.34. The van der Waals surface area contributed by atoms with Crippen molar-refractivity contribution < 1.29 is 0 Å². The number of pyridine rings is 2. The molecule has 84 valence electrons. The normalized spacial score (nSPS) is 10.9. The molecule has 0 bridgehead atoms. The number of rotatable bonds is 1. The van der Waals surface area contributed by atoms with Crippen LogP contribution >= 0.6 is 11.6 Å². The molecule has 3 aromatic rings. The lowest BCUT2D eigenvalue weighted by molar-refractivity contribution is 1.22. The predicted molar refractivity (Wildman–Crippen MR) is 69.1 cm³/mol. The first-order valence-electron chi connectivity index (χ1n) is 5.30. The zero-order valence-corrected chi connectivity index (χ0v) is 9.99. The van der Waals surface area contributed by atoms with E-state index in [0.29, 0.717) is 5.15 Å². The van der Waals surface area contributed by atoms with E-state index >= 15 is 0 Å². The van der Waals surface area contributed by atoms with E-state index in [-0.39, 0.29) is 0 Å².